The molecule has 0 fully saturated rings. The van der Waals surface area contributed by atoms with Crippen molar-refractivity contribution in [3.8, 4) is 0 Å². The van der Waals surface area contributed by atoms with Crippen molar-refractivity contribution in [2.24, 2.45) is 0 Å². The fourth-order valence-electron chi connectivity index (χ4n) is 1.20. The maximum Gasteiger partial charge on any atom is 0.0931 e. The van der Waals surface area contributed by atoms with Crippen molar-refractivity contribution in [3.63, 3.8) is 0 Å². The molecule has 1 N–H and O–H groups in total. The van der Waals surface area contributed by atoms with Crippen molar-refractivity contribution in [2.75, 3.05) is 0 Å². The van der Waals surface area contributed by atoms with E-state index in [0.29, 0.717) is 0 Å². The number of halogens is 2. The Morgan fingerprint density at radius 1 is 1.07 bits per heavy atom. The second-order valence-corrected chi connectivity index (χ2v) is 7.36. The lowest BCUT2D eigenvalue weighted by atomic mass is 10.4. The standard InChI is InChI=1S/C10H9BrClNS2/c11-9-3-1-7(14-9)5-13-6-8-2-4-10(12)15-8/h1-4,13H,5-6H2. The van der Waals surface area contributed by atoms with Crippen molar-refractivity contribution in [2.45, 2.75) is 13.1 Å². The topological polar surface area (TPSA) is 12.0 Å². The quantitative estimate of drug-likeness (QED) is 0.873. The minimum atomic E-state index is 0.852. The Bertz CT molecular complexity index is 398. The number of hydrogen-bond acceptors (Lipinski definition) is 3. The Balaban J connectivity index is 1.80. The summed E-state index contributed by atoms with van der Waals surface area (Å²) in [7, 11) is 0. The summed E-state index contributed by atoms with van der Waals surface area (Å²) >= 11 is 12.7. The molecule has 0 aromatic carbocycles. The van der Waals surface area contributed by atoms with Gasteiger partial charge in [0.05, 0.1) is 8.12 Å². The molecule has 2 rings (SSSR count). The van der Waals surface area contributed by atoms with Gasteiger partial charge in [-0.05, 0) is 40.2 Å². The highest BCUT2D eigenvalue weighted by Crippen LogP contribution is 2.23. The van der Waals surface area contributed by atoms with Gasteiger partial charge in [0.15, 0.2) is 0 Å². The van der Waals surface area contributed by atoms with E-state index in [0.717, 1.165) is 17.4 Å². The van der Waals surface area contributed by atoms with Crippen molar-refractivity contribution < 1.29 is 0 Å². The van der Waals surface area contributed by atoms with Gasteiger partial charge >= 0.3 is 0 Å². The summed E-state index contributed by atoms with van der Waals surface area (Å²) in [6.07, 6.45) is 0. The van der Waals surface area contributed by atoms with E-state index in [1.54, 1.807) is 22.7 Å². The largest absolute Gasteiger partial charge is 0.307 e. The molecule has 0 aliphatic carbocycles. The van der Waals surface area contributed by atoms with Gasteiger partial charge in [0.1, 0.15) is 0 Å². The molecule has 2 aromatic rings. The summed E-state index contributed by atoms with van der Waals surface area (Å²) in [5.41, 5.74) is 0. The Labute approximate surface area is 110 Å². The smallest absolute Gasteiger partial charge is 0.0931 e. The van der Waals surface area contributed by atoms with E-state index in [9.17, 15) is 0 Å². The van der Waals surface area contributed by atoms with Crippen LogP contribution < -0.4 is 5.32 Å². The van der Waals surface area contributed by atoms with Gasteiger partial charge in [0.2, 0.25) is 0 Å². The monoisotopic (exact) mass is 321 g/mol. The first-order valence-corrected chi connectivity index (χ1v) is 7.23. The van der Waals surface area contributed by atoms with E-state index in [2.05, 4.69) is 39.4 Å². The minimum absolute atomic E-state index is 0.852. The Morgan fingerprint density at radius 2 is 1.73 bits per heavy atom. The van der Waals surface area contributed by atoms with Crippen LogP contribution in [0.3, 0.4) is 0 Å². The lowest BCUT2D eigenvalue weighted by Crippen LogP contribution is -2.10. The highest BCUT2D eigenvalue weighted by atomic mass is 79.9. The van der Waals surface area contributed by atoms with Crippen molar-refractivity contribution in [3.05, 3.63) is 42.1 Å². The van der Waals surface area contributed by atoms with Crippen LogP contribution in [0.1, 0.15) is 9.75 Å². The van der Waals surface area contributed by atoms with Gasteiger partial charge in [0, 0.05) is 22.8 Å². The van der Waals surface area contributed by atoms with Gasteiger partial charge < -0.3 is 5.32 Å². The predicted molar refractivity (Wildman–Crippen MR) is 71.9 cm³/mol. The summed E-state index contributed by atoms with van der Waals surface area (Å²) in [5, 5.41) is 3.39. The third kappa shape index (κ3) is 3.57. The first kappa shape index (κ1) is 11.6. The van der Waals surface area contributed by atoms with Gasteiger partial charge in [-0.25, -0.2) is 0 Å². The van der Waals surface area contributed by atoms with Gasteiger partial charge in [-0.15, -0.1) is 22.7 Å². The van der Waals surface area contributed by atoms with Gasteiger partial charge in [0.25, 0.3) is 0 Å². The molecular weight excluding hydrogens is 314 g/mol. The number of hydrogen-bond donors (Lipinski definition) is 1. The molecule has 2 heterocycles. The normalized spacial score (nSPS) is 10.8. The lowest BCUT2D eigenvalue weighted by molar-refractivity contribution is 0.709. The molecule has 0 aliphatic rings. The van der Waals surface area contributed by atoms with Crippen LogP contribution in [0.15, 0.2) is 28.1 Å². The first-order valence-electron chi connectivity index (χ1n) is 4.43. The van der Waals surface area contributed by atoms with Crippen LogP contribution in [0.5, 0.6) is 0 Å². The first-order chi connectivity index (χ1) is 7.24. The van der Waals surface area contributed by atoms with Crippen LogP contribution in [0.2, 0.25) is 4.34 Å². The van der Waals surface area contributed by atoms with E-state index in [1.165, 1.54) is 13.5 Å². The molecule has 0 amide bonds. The minimum Gasteiger partial charge on any atom is -0.307 e. The Hall–Kier alpha value is 0.130. The lowest BCUT2D eigenvalue weighted by Gasteiger charge is -1.99. The van der Waals surface area contributed by atoms with Crippen molar-refractivity contribution >= 4 is 50.2 Å². The SMILES string of the molecule is Clc1ccc(CNCc2ccc(Br)s2)s1. The molecule has 0 saturated heterocycles. The van der Waals surface area contributed by atoms with E-state index in [4.69, 9.17) is 11.6 Å². The molecule has 80 valence electrons. The van der Waals surface area contributed by atoms with Crippen LogP contribution in [-0.2, 0) is 13.1 Å². The van der Waals surface area contributed by atoms with E-state index < -0.39 is 0 Å². The third-order valence-corrected chi connectivity index (χ3v) is 4.71. The highest BCUT2D eigenvalue weighted by molar-refractivity contribution is 9.11. The summed E-state index contributed by atoms with van der Waals surface area (Å²) in [6.45, 7) is 1.79. The van der Waals surface area contributed by atoms with Gasteiger partial charge in [-0.2, -0.15) is 0 Å². The van der Waals surface area contributed by atoms with Crippen LogP contribution >= 0.6 is 50.2 Å². The number of rotatable bonds is 4. The molecule has 0 radical (unpaired) electrons. The van der Waals surface area contributed by atoms with Crippen LogP contribution in [0.4, 0.5) is 0 Å². The molecule has 0 aliphatic heterocycles. The zero-order valence-corrected chi connectivity index (χ0v) is 11.8. The number of nitrogens with one attached hydrogen (secondary N) is 1. The molecule has 5 heteroatoms. The van der Waals surface area contributed by atoms with Crippen LogP contribution in [0.25, 0.3) is 0 Å². The molecule has 0 spiro atoms. The molecule has 0 unspecified atom stereocenters. The van der Waals surface area contributed by atoms with E-state index in [1.807, 2.05) is 6.07 Å². The molecule has 2 aromatic heterocycles. The zero-order chi connectivity index (χ0) is 10.7. The van der Waals surface area contributed by atoms with Gasteiger partial charge in [-0.1, -0.05) is 11.6 Å². The van der Waals surface area contributed by atoms with Crippen molar-refractivity contribution in [1.29, 1.82) is 0 Å². The fourth-order valence-corrected chi connectivity index (χ4v) is 3.71. The molecule has 0 atom stereocenters. The van der Waals surface area contributed by atoms with Crippen LogP contribution in [-0.4, -0.2) is 0 Å². The summed E-state index contributed by atoms with van der Waals surface area (Å²) in [5.74, 6) is 0. The number of thiophene rings is 2. The Kier molecular flexibility index (Phi) is 4.22. The van der Waals surface area contributed by atoms with Gasteiger partial charge in [-0.3, -0.25) is 0 Å². The van der Waals surface area contributed by atoms with E-state index in [-0.39, 0.29) is 0 Å². The van der Waals surface area contributed by atoms with Crippen molar-refractivity contribution in [1.82, 2.24) is 5.32 Å². The second-order valence-electron chi connectivity index (χ2n) is 3.02. The summed E-state index contributed by atoms with van der Waals surface area (Å²) in [4.78, 5) is 2.61. The molecule has 0 bridgehead atoms. The maximum absolute atomic E-state index is 5.85. The second kappa shape index (κ2) is 5.46. The average molecular weight is 323 g/mol. The summed E-state index contributed by atoms with van der Waals surface area (Å²) in [6, 6.07) is 8.20. The zero-order valence-electron chi connectivity index (χ0n) is 7.80. The maximum atomic E-state index is 5.85. The predicted octanol–water partition coefficient (Wildman–Crippen LogP) is 4.52. The summed E-state index contributed by atoms with van der Waals surface area (Å²) < 4.78 is 2.03. The third-order valence-electron chi connectivity index (χ3n) is 1.86. The molecule has 1 nitrogen and oxygen atoms in total. The highest BCUT2D eigenvalue weighted by Gasteiger charge is 1.99. The molecule has 0 saturated carbocycles. The molecular formula is C10H9BrClNS2. The molecule has 15 heavy (non-hydrogen) atoms. The average Bonchev–Trinajstić information content (AvgIpc) is 2.76. The van der Waals surface area contributed by atoms with Crippen LogP contribution in [0, 0.1) is 0 Å². The fraction of sp³-hybridized carbons (Fsp3) is 0.200. The van der Waals surface area contributed by atoms with E-state index >= 15 is 0 Å². The Morgan fingerprint density at radius 3 is 2.27 bits per heavy atom.